The smallest absolute Gasteiger partial charge is 0.226 e. The van der Waals surface area contributed by atoms with Crippen molar-refractivity contribution < 1.29 is 14.3 Å². The van der Waals surface area contributed by atoms with Gasteiger partial charge in [-0.1, -0.05) is 12.1 Å². The molecule has 0 radical (unpaired) electrons. The van der Waals surface area contributed by atoms with Gasteiger partial charge in [-0.15, -0.1) is 0 Å². The summed E-state index contributed by atoms with van der Waals surface area (Å²) in [6.45, 7) is 5.51. The van der Waals surface area contributed by atoms with Gasteiger partial charge in [0.15, 0.2) is 0 Å². The molecule has 1 amide bonds. The first-order valence-corrected chi connectivity index (χ1v) is 7.99. The number of aliphatic hydroxyl groups is 1. The van der Waals surface area contributed by atoms with E-state index in [0.29, 0.717) is 6.54 Å². The van der Waals surface area contributed by atoms with Gasteiger partial charge in [0.1, 0.15) is 5.82 Å². The number of hydrogen-bond donors (Lipinski definition) is 1. The molecule has 0 spiro atoms. The summed E-state index contributed by atoms with van der Waals surface area (Å²) >= 11 is 0. The summed E-state index contributed by atoms with van der Waals surface area (Å²) in [4.78, 5) is 16.6. The lowest BCUT2D eigenvalue weighted by molar-refractivity contribution is -0.134. The number of hydrogen-bond acceptors (Lipinski definition) is 3. The van der Waals surface area contributed by atoms with Gasteiger partial charge in [-0.25, -0.2) is 4.39 Å². The molecule has 1 saturated carbocycles. The minimum absolute atomic E-state index is 0.0186. The van der Waals surface area contributed by atoms with Crippen LogP contribution in [0.3, 0.4) is 0 Å². The van der Waals surface area contributed by atoms with Crippen LogP contribution in [0.1, 0.15) is 24.8 Å². The van der Waals surface area contributed by atoms with Crippen LogP contribution in [0, 0.1) is 11.7 Å². The van der Waals surface area contributed by atoms with Crippen molar-refractivity contribution in [3.8, 4) is 0 Å². The van der Waals surface area contributed by atoms with Crippen molar-refractivity contribution in [3.05, 3.63) is 35.6 Å². The Morgan fingerprint density at radius 1 is 1.36 bits per heavy atom. The fraction of sp³-hybridized carbons (Fsp3) is 0.588. The summed E-state index contributed by atoms with van der Waals surface area (Å²) in [7, 11) is 0. The molecule has 1 aromatic carbocycles. The van der Waals surface area contributed by atoms with E-state index < -0.39 is 0 Å². The number of carbonyl (C=O) groups excluding carboxylic acids is 1. The second kappa shape index (κ2) is 6.34. The lowest BCUT2D eigenvalue weighted by Crippen LogP contribution is -2.50. The quantitative estimate of drug-likeness (QED) is 0.916. The molecule has 1 saturated heterocycles. The fourth-order valence-corrected chi connectivity index (χ4v) is 3.33. The maximum absolute atomic E-state index is 13.3. The van der Waals surface area contributed by atoms with Crippen LogP contribution >= 0.6 is 0 Å². The standard InChI is InChI=1S/C17H23FN2O2/c1-12(21)11-19-5-7-20(8-6-19)17(22)16-10-15(16)13-3-2-4-14(18)9-13/h2-4,9,12,15-16,21H,5-8,10-11H2,1H3. The molecule has 1 heterocycles. The molecule has 4 nitrogen and oxygen atoms in total. The van der Waals surface area contributed by atoms with Gasteiger partial charge in [0, 0.05) is 38.6 Å². The topological polar surface area (TPSA) is 43.8 Å². The minimum atomic E-state index is -0.331. The Hall–Kier alpha value is -1.46. The van der Waals surface area contributed by atoms with Crippen molar-refractivity contribution in [1.82, 2.24) is 9.80 Å². The number of β-amino-alcohol motifs (C(OH)–C–C–N with tert-alkyl or cyclic N) is 1. The Balaban J connectivity index is 1.52. The third-order valence-corrected chi connectivity index (χ3v) is 4.59. The molecular formula is C17H23FN2O2. The molecule has 5 heteroatoms. The van der Waals surface area contributed by atoms with Crippen LogP contribution in [0.2, 0.25) is 0 Å². The second-order valence-corrected chi connectivity index (χ2v) is 6.48. The van der Waals surface area contributed by atoms with E-state index in [9.17, 15) is 14.3 Å². The van der Waals surface area contributed by atoms with Gasteiger partial charge in [0.2, 0.25) is 5.91 Å². The second-order valence-electron chi connectivity index (χ2n) is 6.48. The van der Waals surface area contributed by atoms with Crippen LogP contribution in [0.25, 0.3) is 0 Å². The van der Waals surface area contributed by atoms with E-state index in [2.05, 4.69) is 4.90 Å². The van der Waals surface area contributed by atoms with E-state index in [1.54, 1.807) is 19.1 Å². The Bertz CT molecular complexity index is 541. The van der Waals surface area contributed by atoms with Crippen molar-refractivity contribution in [3.63, 3.8) is 0 Å². The first-order chi connectivity index (χ1) is 10.5. The predicted octanol–water partition coefficient (Wildman–Crippen LogP) is 1.45. The molecule has 0 aromatic heterocycles. The molecule has 22 heavy (non-hydrogen) atoms. The van der Waals surface area contributed by atoms with Crippen LogP contribution in [-0.4, -0.2) is 59.6 Å². The SMILES string of the molecule is CC(O)CN1CCN(C(=O)C2CC2c2cccc(F)c2)CC1. The van der Waals surface area contributed by atoms with Crippen LogP contribution in [0.5, 0.6) is 0 Å². The highest BCUT2D eigenvalue weighted by atomic mass is 19.1. The molecule has 2 aliphatic rings. The van der Waals surface area contributed by atoms with Crippen molar-refractivity contribution in [2.24, 2.45) is 5.92 Å². The number of benzene rings is 1. The molecule has 1 N–H and O–H groups in total. The zero-order valence-electron chi connectivity index (χ0n) is 12.9. The highest BCUT2D eigenvalue weighted by molar-refractivity contribution is 5.83. The summed E-state index contributed by atoms with van der Waals surface area (Å²) in [5.41, 5.74) is 0.936. The molecule has 3 atom stereocenters. The summed E-state index contributed by atoms with van der Waals surface area (Å²) in [6, 6.07) is 6.59. The van der Waals surface area contributed by atoms with Gasteiger partial charge >= 0.3 is 0 Å². The van der Waals surface area contributed by atoms with E-state index in [-0.39, 0.29) is 29.7 Å². The number of nitrogens with zero attached hydrogens (tertiary/aromatic N) is 2. The minimum Gasteiger partial charge on any atom is -0.392 e. The number of amides is 1. The summed E-state index contributed by atoms with van der Waals surface area (Å²) in [5.74, 6) is 0.164. The molecular weight excluding hydrogens is 283 g/mol. The van der Waals surface area contributed by atoms with Gasteiger partial charge in [0.05, 0.1) is 6.10 Å². The third-order valence-electron chi connectivity index (χ3n) is 4.59. The fourth-order valence-electron chi connectivity index (χ4n) is 3.33. The molecule has 120 valence electrons. The van der Waals surface area contributed by atoms with Crippen molar-refractivity contribution in [1.29, 1.82) is 0 Å². The van der Waals surface area contributed by atoms with Crippen LogP contribution in [-0.2, 0) is 4.79 Å². The average Bonchev–Trinajstić information content (AvgIpc) is 3.27. The van der Waals surface area contributed by atoms with Gasteiger partial charge in [-0.3, -0.25) is 9.69 Å². The zero-order valence-corrected chi connectivity index (χ0v) is 12.9. The van der Waals surface area contributed by atoms with Crippen molar-refractivity contribution in [2.75, 3.05) is 32.7 Å². The number of carbonyl (C=O) groups is 1. The molecule has 1 aliphatic heterocycles. The van der Waals surface area contributed by atoms with Crippen LogP contribution < -0.4 is 0 Å². The van der Waals surface area contributed by atoms with Gasteiger partial charge in [-0.05, 0) is 37.0 Å². The number of aliphatic hydroxyl groups excluding tert-OH is 1. The third kappa shape index (κ3) is 3.47. The van der Waals surface area contributed by atoms with E-state index in [4.69, 9.17) is 0 Å². The normalized spacial score (nSPS) is 26.8. The molecule has 0 bridgehead atoms. The largest absolute Gasteiger partial charge is 0.392 e. The monoisotopic (exact) mass is 306 g/mol. The Morgan fingerprint density at radius 3 is 2.73 bits per heavy atom. The van der Waals surface area contributed by atoms with Crippen LogP contribution in [0.15, 0.2) is 24.3 Å². The Kier molecular flexibility index (Phi) is 4.45. The number of halogens is 1. The van der Waals surface area contributed by atoms with E-state index in [0.717, 1.165) is 38.2 Å². The van der Waals surface area contributed by atoms with Crippen molar-refractivity contribution in [2.45, 2.75) is 25.4 Å². The Morgan fingerprint density at radius 2 is 2.09 bits per heavy atom. The number of rotatable bonds is 4. The molecule has 3 rings (SSSR count). The molecule has 2 fully saturated rings. The molecule has 1 aromatic rings. The lowest BCUT2D eigenvalue weighted by Gasteiger charge is -2.35. The maximum atomic E-state index is 13.3. The van der Waals surface area contributed by atoms with Gasteiger partial charge in [-0.2, -0.15) is 0 Å². The lowest BCUT2D eigenvalue weighted by atomic mass is 10.1. The predicted molar refractivity (Wildman–Crippen MR) is 81.9 cm³/mol. The summed E-state index contributed by atoms with van der Waals surface area (Å²) < 4.78 is 13.3. The molecule has 1 aliphatic carbocycles. The zero-order chi connectivity index (χ0) is 15.7. The maximum Gasteiger partial charge on any atom is 0.226 e. The first kappa shape index (κ1) is 15.4. The molecule has 3 unspecified atom stereocenters. The summed E-state index contributed by atoms with van der Waals surface area (Å²) in [6.07, 6.45) is 0.499. The highest BCUT2D eigenvalue weighted by Gasteiger charge is 2.46. The van der Waals surface area contributed by atoms with E-state index in [1.165, 1.54) is 6.07 Å². The van der Waals surface area contributed by atoms with Gasteiger partial charge < -0.3 is 10.0 Å². The van der Waals surface area contributed by atoms with Crippen LogP contribution in [0.4, 0.5) is 4.39 Å². The van der Waals surface area contributed by atoms with Crippen molar-refractivity contribution >= 4 is 5.91 Å². The van der Waals surface area contributed by atoms with E-state index in [1.807, 2.05) is 11.0 Å². The first-order valence-electron chi connectivity index (χ1n) is 7.99. The van der Waals surface area contributed by atoms with E-state index >= 15 is 0 Å². The summed E-state index contributed by atoms with van der Waals surface area (Å²) in [5, 5.41) is 9.41. The number of piperazine rings is 1. The Labute approximate surface area is 130 Å². The van der Waals surface area contributed by atoms with Gasteiger partial charge in [0.25, 0.3) is 0 Å². The highest BCUT2D eigenvalue weighted by Crippen LogP contribution is 2.48. The average molecular weight is 306 g/mol.